The SMILES string of the molecule is CN1CCN(NC(=O)c2ccc(Br)s2)CC1. The number of carbonyl (C=O) groups excluding carboxylic acids is 1. The molecule has 88 valence electrons. The van der Waals surface area contributed by atoms with Gasteiger partial charge < -0.3 is 4.90 Å². The van der Waals surface area contributed by atoms with Crippen molar-refractivity contribution in [3.8, 4) is 0 Å². The quantitative estimate of drug-likeness (QED) is 0.897. The van der Waals surface area contributed by atoms with E-state index in [1.165, 1.54) is 11.3 Å². The van der Waals surface area contributed by atoms with Crippen molar-refractivity contribution in [3.05, 3.63) is 20.8 Å². The molecule has 1 aromatic rings. The van der Waals surface area contributed by atoms with Crippen molar-refractivity contribution in [2.45, 2.75) is 0 Å². The molecule has 0 bridgehead atoms. The van der Waals surface area contributed by atoms with Crippen LogP contribution in [-0.4, -0.2) is 49.0 Å². The number of nitrogens with zero attached hydrogens (tertiary/aromatic N) is 2. The van der Waals surface area contributed by atoms with Crippen LogP contribution in [-0.2, 0) is 0 Å². The van der Waals surface area contributed by atoms with Crippen LogP contribution in [0, 0.1) is 0 Å². The number of hydrazine groups is 1. The third-order valence-corrected chi connectivity index (χ3v) is 4.18. The lowest BCUT2D eigenvalue weighted by Crippen LogP contribution is -2.52. The van der Waals surface area contributed by atoms with E-state index >= 15 is 0 Å². The first-order valence-corrected chi connectivity index (χ1v) is 6.76. The van der Waals surface area contributed by atoms with E-state index in [0.717, 1.165) is 34.8 Å². The minimum Gasteiger partial charge on any atom is -0.304 e. The van der Waals surface area contributed by atoms with E-state index in [0.29, 0.717) is 0 Å². The average molecular weight is 304 g/mol. The Bertz CT molecular complexity index is 374. The van der Waals surface area contributed by atoms with Gasteiger partial charge in [0.1, 0.15) is 0 Å². The molecule has 1 aliphatic rings. The maximum Gasteiger partial charge on any atom is 0.275 e. The number of thiophene rings is 1. The zero-order valence-corrected chi connectivity index (χ0v) is 11.5. The molecular formula is C10H14BrN3OS. The smallest absolute Gasteiger partial charge is 0.275 e. The highest BCUT2D eigenvalue weighted by Gasteiger charge is 2.17. The van der Waals surface area contributed by atoms with Crippen LogP contribution in [0.4, 0.5) is 0 Å². The number of hydrogen-bond acceptors (Lipinski definition) is 4. The van der Waals surface area contributed by atoms with Gasteiger partial charge in [0, 0.05) is 26.2 Å². The molecule has 1 aromatic heterocycles. The summed E-state index contributed by atoms with van der Waals surface area (Å²) in [5.74, 6) is -0.0137. The lowest BCUT2D eigenvalue weighted by Gasteiger charge is -2.32. The Balaban J connectivity index is 1.88. The van der Waals surface area contributed by atoms with E-state index in [1.807, 2.05) is 17.1 Å². The van der Waals surface area contributed by atoms with Gasteiger partial charge in [-0.2, -0.15) is 0 Å². The second-order valence-electron chi connectivity index (χ2n) is 3.84. The summed E-state index contributed by atoms with van der Waals surface area (Å²) in [5.41, 5.74) is 2.93. The summed E-state index contributed by atoms with van der Waals surface area (Å²) in [5, 5.41) is 1.98. The largest absolute Gasteiger partial charge is 0.304 e. The van der Waals surface area contributed by atoms with Crippen LogP contribution in [0.2, 0.25) is 0 Å². The molecule has 1 amide bonds. The molecule has 1 aliphatic heterocycles. The van der Waals surface area contributed by atoms with Gasteiger partial charge in [-0.25, -0.2) is 5.01 Å². The summed E-state index contributed by atoms with van der Waals surface area (Å²) < 4.78 is 0.982. The third-order valence-electron chi connectivity index (χ3n) is 2.56. The van der Waals surface area contributed by atoms with Crippen molar-refractivity contribution in [1.29, 1.82) is 0 Å². The average Bonchev–Trinajstić information content (AvgIpc) is 2.68. The first-order chi connectivity index (χ1) is 7.65. The van der Waals surface area contributed by atoms with E-state index in [4.69, 9.17) is 0 Å². The van der Waals surface area contributed by atoms with E-state index in [-0.39, 0.29) is 5.91 Å². The van der Waals surface area contributed by atoms with Crippen molar-refractivity contribution < 1.29 is 4.79 Å². The molecule has 0 saturated carbocycles. The third kappa shape index (κ3) is 3.04. The number of halogens is 1. The van der Waals surface area contributed by atoms with Gasteiger partial charge in [-0.15, -0.1) is 11.3 Å². The molecule has 0 radical (unpaired) electrons. The number of amides is 1. The fraction of sp³-hybridized carbons (Fsp3) is 0.500. The summed E-state index contributed by atoms with van der Waals surface area (Å²) in [7, 11) is 2.09. The zero-order chi connectivity index (χ0) is 11.5. The Hall–Kier alpha value is -0.430. The van der Waals surface area contributed by atoms with Crippen LogP contribution >= 0.6 is 27.3 Å². The lowest BCUT2D eigenvalue weighted by atomic mass is 10.4. The number of piperazine rings is 1. The zero-order valence-electron chi connectivity index (χ0n) is 9.07. The van der Waals surface area contributed by atoms with E-state index in [1.54, 1.807) is 0 Å². The second-order valence-corrected chi connectivity index (χ2v) is 6.30. The Morgan fingerprint density at radius 2 is 2.06 bits per heavy atom. The minimum absolute atomic E-state index is 0.0137. The highest BCUT2D eigenvalue weighted by Crippen LogP contribution is 2.21. The van der Waals surface area contributed by atoms with Gasteiger partial charge in [-0.3, -0.25) is 10.2 Å². The molecule has 1 fully saturated rings. The first-order valence-electron chi connectivity index (χ1n) is 5.15. The Morgan fingerprint density at radius 1 is 1.38 bits per heavy atom. The van der Waals surface area contributed by atoms with Crippen LogP contribution in [0.1, 0.15) is 9.67 Å². The fourth-order valence-corrected chi connectivity index (χ4v) is 2.83. The Morgan fingerprint density at radius 3 is 2.62 bits per heavy atom. The molecule has 1 N–H and O–H groups in total. The standard InChI is InChI=1S/C10H14BrN3OS/c1-13-4-6-14(7-5-13)12-10(15)8-2-3-9(11)16-8/h2-3H,4-7H2,1H3,(H,12,15). The van der Waals surface area contributed by atoms with Crippen molar-refractivity contribution >= 4 is 33.2 Å². The van der Waals surface area contributed by atoms with Gasteiger partial charge in [-0.05, 0) is 35.1 Å². The van der Waals surface area contributed by atoms with Gasteiger partial charge in [0.15, 0.2) is 0 Å². The second kappa shape index (κ2) is 5.27. The van der Waals surface area contributed by atoms with E-state index < -0.39 is 0 Å². The van der Waals surface area contributed by atoms with Crippen LogP contribution in [0.5, 0.6) is 0 Å². The van der Waals surface area contributed by atoms with Crippen molar-refractivity contribution in [3.63, 3.8) is 0 Å². The molecular weight excluding hydrogens is 290 g/mol. The predicted molar refractivity (Wildman–Crippen MR) is 68.6 cm³/mol. The van der Waals surface area contributed by atoms with Crippen LogP contribution in [0.25, 0.3) is 0 Å². The maximum atomic E-state index is 11.8. The van der Waals surface area contributed by atoms with E-state index in [2.05, 4.69) is 33.3 Å². The minimum atomic E-state index is -0.0137. The van der Waals surface area contributed by atoms with E-state index in [9.17, 15) is 4.79 Å². The van der Waals surface area contributed by atoms with Gasteiger partial charge in [-0.1, -0.05) is 0 Å². The molecule has 6 heteroatoms. The molecule has 16 heavy (non-hydrogen) atoms. The van der Waals surface area contributed by atoms with Crippen molar-refractivity contribution in [1.82, 2.24) is 15.3 Å². The number of hydrogen-bond donors (Lipinski definition) is 1. The molecule has 0 spiro atoms. The number of nitrogens with one attached hydrogen (secondary N) is 1. The molecule has 0 atom stereocenters. The summed E-state index contributed by atoms with van der Waals surface area (Å²) in [6.45, 7) is 3.76. The predicted octanol–water partition coefficient (Wildman–Crippen LogP) is 1.40. The maximum absolute atomic E-state index is 11.8. The first kappa shape index (κ1) is 12.0. The summed E-state index contributed by atoms with van der Waals surface area (Å²) >= 11 is 4.80. The lowest BCUT2D eigenvalue weighted by molar-refractivity contribution is 0.0666. The molecule has 1 saturated heterocycles. The normalized spacial score (nSPS) is 18.6. The highest BCUT2D eigenvalue weighted by molar-refractivity contribution is 9.11. The topological polar surface area (TPSA) is 35.6 Å². The Labute approximate surface area is 107 Å². The van der Waals surface area contributed by atoms with Gasteiger partial charge in [0.25, 0.3) is 5.91 Å². The summed E-state index contributed by atoms with van der Waals surface area (Å²) in [6.07, 6.45) is 0. The van der Waals surface area contributed by atoms with Crippen molar-refractivity contribution in [2.75, 3.05) is 33.2 Å². The van der Waals surface area contributed by atoms with Crippen molar-refractivity contribution in [2.24, 2.45) is 0 Å². The van der Waals surface area contributed by atoms with Crippen LogP contribution in [0.15, 0.2) is 15.9 Å². The molecule has 4 nitrogen and oxygen atoms in total. The number of carbonyl (C=O) groups is 1. The molecule has 0 aliphatic carbocycles. The highest BCUT2D eigenvalue weighted by atomic mass is 79.9. The van der Waals surface area contributed by atoms with Gasteiger partial charge in [0.2, 0.25) is 0 Å². The number of rotatable bonds is 2. The molecule has 0 unspecified atom stereocenters. The Kier molecular flexibility index (Phi) is 3.96. The monoisotopic (exact) mass is 303 g/mol. The van der Waals surface area contributed by atoms with Gasteiger partial charge >= 0.3 is 0 Å². The van der Waals surface area contributed by atoms with Crippen LogP contribution in [0.3, 0.4) is 0 Å². The number of likely N-dealkylation sites (N-methyl/N-ethyl adjacent to an activating group) is 1. The summed E-state index contributed by atoms with van der Waals surface area (Å²) in [6, 6.07) is 3.73. The molecule has 2 heterocycles. The fourth-order valence-electron chi connectivity index (χ4n) is 1.55. The van der Waals surface area contributed by atoms with Gasteiger partial charge in [0.05, 0.1) is 8.66 Å². The van der Waals surface area contributed by atoms with Crippen LogP contribution < -0.4 is 5.43 Å². The summed E-state index contributed by atoms with van der Waals surface area (Å²) in [4.78, 5) is 14.8. The molecule has 0 aromatic carbocycles. The molecule has 2 rings (SSSR count).